The van der Waals surface area contributed by atoms with Gasteiger partial charge in [-0.3, -0.25) is 0 Å². The van der Waals surface area contributed by atoms with E-state index in [1.807, 2.05) is 9.47 Å². The summed E-state index contributed by atoms with van der Waals surface area (Å²) in [5.74, 6) is 1.23. The molecule has 2 atom stereocenters. The molecule has 1 aromatic heterocycles. The lowest BCUT2D eigenvalue weighted by Gasteiger charge is -2.33. The minimum atomic E-state index is -0.495. The van der Waals surface area contributed by atoms with Gasteiger partial charge in [0.1, 0.15) is 5.82 Å². The number of urea groups is 1. The number of piperidine rings is 1. The third-order valence-corrected chi connectivity index (χ3v) is 5.24. The number of nitrogens with zero attached hydrogens (tertiary/aromatic N) is 3. The van der Waals surface area contributed by atoms with E-state index in [9.17, 15) is 9.59 Å². The Labute approximate surface area is 147 Å². The fraction of sp³-hybridized carbons (Fsp3) is 0.706. The number of likely N-dealkylation sites (tertiary alicyclic amines) is 1. The predicted molar refractivity (Wildman–Crippen MR) is 93.1 cm³/mol. The van der Waals surface area contributed by atoms with Crippen LogP contribution < -0.4 is 11.1 Å². The summed E-state index contributed by atoms with van der Waals surface area (Å²) in [6.07, 6.45) is 4.38. The van der Waals surface area contributed by atoms with Crippen molar-refractivity contribution in [1.29, 1.82) is 0 Å². The largest absolute Gasteiger partial charge is 0.461 e. The molecule has 0 aromatic carbocycles. The topological polar surface area (TPSA) is 102 Å². The van der Waals surface area contributed by atoms with Crippen LogP contribution in [0.15, 0.2) is 6.33 Å². The van der Waals surface area contributed by atoms with Crippen molar-refractivity contribution in [3.05, 3.63) is 12.0 Å². The number of nitrogen functional groups attached to an aromatic ring is 1. The number of carbonyl (C=O) groups excluding carboxylic acids is 2. The number of nitrogens with one attached hydrogen (secondary N) is 1. The first kappa shape index (κ1) is 17.6. The summed E-state index contributed by atoms with van der Waals surface area (Å²) >= 11 is 0. The van der Waals surface area contributed by atoms with Crippen molar-refractivity contribution in [2.45, 2.75) is 39.2 Å². The quantitative estimate of drug-likeness (QED) is 0.787. The van der Waals surface area contributed by atoms with E-state index in [1.54, 1.807) is 13.3 Å². The smallest absolute Gasteiger partial charge is 0.360 e. The zero-order valence-corrected chi connectivity index (χ0v) is 14.9. The number of rotatable bonds is 5. The lowest BCUT2D eigenvalue weighted by Crippen LogP contribution is -2.45. The monoisotopic (exact) mass is 349 g/mol. The second kappa shape index (κ2) is 7.33. The molecular formula is C17H27N5O3. The van der Waals surface area contributed by atoms with Crippen molar-refractivity contribution in [2.24, 2.45) is 11.8 Å². The van der Waals surface area contributed by atoms with Crippen LogP contribution in [0.4, 0.5) is 10.6 Å². The van der Waals surface area contributed by atoms with E-state index >= 15 is 0 Å². The average Bonchev–Trinajstić information content (AvgIpc) is 3.18. The summed E-state index contributed by atoms with van der Waals surface area (Å²) in [6, 6.07) is 0.159. The summed E-state index contributed by atoms with van der Waals surface area (Å²) in [4.78, 5) is 30.0. The number of ether oxygens (including phenoxy) is 1. The van der Waals surface area contributed by atoms with Crippen molar-refractivity contribution < 1.29 is 14.3 Å². The van der Waals surface area contributed by atoms with Crippen LogP contribution in [0.5, 0.6) is 0 Å². The molecule has 2 amide bonds. The number of esters is 1. The van der Waals surface area contributed by atoms with Gasteiger partial charge in [-0.15, -0.1) is 0 Å². The molecular weight excluding hydrogens is 322 g/mol. The minimum Gasteiger partial charge on any atom is -0.461 e. The molecule has 138 valence electrons. The molecule has 0 spiro atoms. The van der Waals surface area contributed by atoms with Gasteiger partial charge in [0, 0.05) is 25.7 Å². The molecule has 25 heavy (non-hydrogen) atoms. The van der Waals surface area contributed by atoms with E-state index in [-0.39, 0.29) is 24.4 Å². The van der Waals surface area contributed by atoms with Crippen LogP contribution in [0.25, 0.3) is 0 Å². The Morgan fingerprint density at radius 1 is 1.40 bits per heavy atom. The molecule has 8 heteroatoms. The van der Waals surface area contributed by atoms with Crippen LogP contribution in [0.2, 0.25) is 0 Å². The van der Waals surface area contributed by atoms with E-state index in [0.717, 1.165) is 25.3 Å². The highest BCUT2D eigenvalue weighted by atomic mass is 16.5. The van der Waals surface area contributed by atoms with E-state index in [1.165, 1.54) is 6.42 Å². The minimum absolute atomic E-state index is 0.0170. The fourth-order valence-corrected chi connectivity index (χ4v) is 3.38. The molecule has 3 rings (SSSR count). The van der Waals surface area contributed by atoms with Crippen molar-refractivity contribution >= 4 is 17.8 Å². The zero-order valence-electron chi connectivity index (χ0n) is 14.9. The summed E-state index contributed by atoms with van der Waals surface area (Å²) in [7, 11) is 0. The Morgan fingerprint density at radius 2 is 2.08 bits per heavy atom. The molecule has 2 heterocycles. The average molecular weight is 349 g/mol. The van der Waals surface area contributed by atoms with Crippen LogP contribution in [-0.2, 0) is 4.74 Å². The van der Waals surface area contributed by atoms with E-state index in [4.69, 9.17) is 10.5 Å². The number of hydrogen-bond donors (Lipinski definition) is 2. The Hall–Kier alpha value is -2.25. The SMILES string of the molecule is CCOC(=O)c1ncn(C2CCN(C(=O)NC[C@H]3C[C@H]3C)CC2)c1N. The van der Waals surface area contributed by atoms with Crippen LogP contribution >= 0.6 is 0 Å². The predicted octanol–water partition coefficient (Wildman–Crippen LogP) is 1.64. The lowest BCUT2D eigenvalue weighted by molar-refractivity contribution is 0.0521. The van der Waals surface area contributed by atoms with E-state index < -0.39 is 5.97 Å². The van der Waals surface area contributed by atoms with Gasteiger partial charge in [0.2, 0.25) is 0 Å². The maximum Gasteiger partial charge on any atom is 0.360 e. The van der Waals surface area contributed by atoms with Crippen LogP contribution in [0.3, 0.4) is 0 Å². The van der Waals surface area contributed by atoms with Gasteiger partial charge >= 0.3 is 12.0 Å². The highest BCUT2D eigenvalue weighted by molar-refractivity contribution is 5.92. The first-order chi connectivity index (χ1) is 12.0. The number of anilines is 1. The van der Waals surface area contributed by atoms with Gasteiger partial charge in [-0.2, -0.15) is 0 Å². The van der Waals surface area contributed by atoms with E-state index in [2.05, 4.69) is 17.2 Å². The van der Waals surface area contributed by atoms with Crippen molar-refractivity contribution in [3.63, 3.8) is 0 Å². The summed E-state index contributed by atoms with van der Waals surface area (Å²) in [5, 5.41) is 3.03. The normalized spacial score (nSPS) is 23.4. The molecule has 1 aromatic rings. The number of amides is 2. The molecule has 3 N–H and O–H groups in total. The molecule has 0 unspecified atom stereocenters. The van der Waals surface area contributed by atoms with Crippen LogP contribution in [-0.4, -0.2) is 52.7 Å². The van der Waals surface area contributed by atoms with Gasteiger partial charge in [-0.1, -0.05) is 6.92 Å². The molecule has 1 saturated carbocycles. The van der Waals surface area contributed by atoms with Crippen LogP contribution in [0, 0.1) is 11.8 Å². The van der Waals surface area contributed by atoms with E-state index in [0.29, 0.717) is 24.8 Å². The second-order valence-corrected chi connectivity index (χ2v) is 6.98. The number of hydrogen-bond acceptors (Lipinski definition) is 5. The second-order valence-electron chi connectivity index (χ2n) is 6.98. The number of aromatic nitrogens is 2. The summed E-state index contributed by atoms with van der Waals surface area (Å²) < 4.78 is 6.79. The third-order valence-electron chi connectivity index (χ3n) is 5.24. The summed E-state index contributed by atoms with van der Waals surface area (Å²) in [6.45, 7) is 6.36. The van der Waals surface area contributed by atoms with Crippen molar-refractivity contribution in [1.82, 2.24) is 19.8 Å². The molecule has 1 saturated heterocycles. The number of carbonyl (C=O) groups is 2. The highest BCUT2D eigenvalue weighted by Gasteiger charge is 2.33. The molecule has 2 aliphatic rings. The molecule has 8 nitrogen and oxygen atoms in total. The lowest BCUT2D eigenvalue weighted by atomic mass is 10.1. The Kier molecular flexibility index (Phi) is 5.15. The first-order valence-corrected chi connectivity index (χ1v) is 9.03. The molecule has 0 bridgehead atoms. The Balaban J connectivity index is 1.52. The molecule has 1 aliphatic heterocycles. The van der Waals surface area contributed by atoms with Crippen LogP contribution in [0.1, 0.15) is 49.6 Å². The zero-order chi connectivity index (χ0) is 18.0. The van der Waals surface area contributed by atoms with Gasteiger partial charge in [-0.05, 0) is 38.0 Å². The first-order valence-electron chi connectivity index (χ1n) is 9.03. The maximum atomic E-state index is 12.2. The third kappa shape index (κ3) is 3.88. The van der Waals surface area contributed by atoms with Gasteiger partial charge in [0.15, 0.2) is 5.69 Å². The standard InChI is InChI=1S/C17H27N5O3/c1-3-25-16(23)14-15(18)22(10-20-14)13-4-6-21(7-5-13)17(24)19-9-12-8-11(12)2/h10-13H,3-9,18H2,1-2H3,(H,19,24)/t11-,12-/m1/s1. The van der Waals surface area contributed by atoms with Crippen molar-refractivity contribution in [2.75, 3.05) is 32.0 Å². The number of nitrogens with two attached hydrogens (primary N) is 1. The highest BCUT2D eigenvalue weighted by Crippen LogP contribution is 2.36. The number of imidazole rings is 1. The maximum absolute atomic E-state index is 12.2. The molecule has 2 fully saturated rings. The molecule has 1 aliphatic carbocycles. The van der Waals surface area contributed by atoms with Gasteiger partial charge < -0.3 is 25.3 Å². The fourth-order valence-electron chi connectivity index (χ4n) is 3.38. The van der Waals surface area contributed by atoms with Crippen molar-refractivity contribution in [3.8, 4) is 0 Å². The Morgan fingerprint density at radius 3 is 2.68 bits per heavy atom. The van der Waals surface area contributed by atoms with Gasteiger partial charge in [0.25, 0.3) is 0 Å². The molecule has 0 radical (unpaired) electrons. The van der Waals surface area contributed by atoms with Gasteiger partial charge in [0.05, 0.1) is 12.9 Å². The Bertz CT molecular complexity index is 636. The van der Waals surface area contributed by atoms with Gasteiger partial charge in [-0.25, -0.2) is 14.6 Å². The summed E-state index contributed by atoms with van der Waals surface area (Å²) in [5.41, 5.74) is 6.23.